The van der Waals surface area contributed by atoms with Crippen LogP contribution >= 0.6 is 0 Å². The quantitative estimate of drug-likeness (QED) is 0.280. The highest BCUT2D eigenvalue weighted by molar-refractivity contribution is 5.55. The molecule has 0 aliphatic heterocycles. The molecule has 36 heavy (non-hydrogen) atoms. The summed E-state index contributed by atoms with van der Waals surface area (Å²) >= 11 is 0. The number of benzene rings is 2. The van der Waals surface area contributed by atoms with Crippen LogP contribution in [0.3, 0.4) is 0 Å². The topological polar surface area (TPSA) is 80.2 Å². The van der Waals surface area contributed by atoms with E-state index in [9.17, 15) is 10.2 Å². The Morgan fingerprint density at radius 2 is 1.75 bits per heavy atom. The number of rotatable bonds is 12. The van der Waals surface area contributed by atoms with Crippen LogP contribution in [0.1, 0.15) is 69.1 Å². The van der Waals surface area contributed by atoms with E-state index in [1.807, 2.05) is 49.4 Å². The maximum atomic E-state index is 12.3. The summed E-state index contributed by atoms with van der Waals surface area (Å²) in [6.45, 7) is 5.79. The minimum absolute atomic E-state index is 0.0900. The number of methoxy groups -OCH3 is 2. The molecule has 2 atom stereocenters. The fourth-order valence-corrected chi connectivity index (χ4v) is 5.88. The molecule has 0 bridgehead atoms. The Balaban J connectivity index is 1.70. The molecule has 2 aliphatic rings. The average Bonchev–Trinajstić information content (AvgIpc) is 3.73. The van der Waals surface area contributed by atoms with Crippen molar-refractivity contribution in [2.45, 2.75) is 82.2 Å². The number of aliphatic hydroxyl groups is 1. The highest BCUT2D eigenvalue weighted by Gasteiger charge is 2.58. The molecule has 6 nitrogen and oxygen atoms in total. The number of aromatic hydroxyl groups is 1. The second-order valence-corrected chi connectivity index (χ2v) is 10.8. The smallest absolute Gasteiger partial charge is 0.168 e. The lowest BCUT2D eigenvalue weighted by molar-refractivity contribution is -0.261. The summed E-state index contributed by atoms with van der Waals surface area (Å²) in [4.78, 5) is 0. The van der Waals surface area contributed by atoms with Gasteiger partial charge in [-0.2, -0.15) is 0 Å². The number of ether oxygens (including phenoxy) is 3. The molecule has 0 saturated heterocycles. The molecule has 3 N–H and O–H groups in total. The van der Waals surface area contributed by atoms with Crippen molar-refractivity contribution in [3.8, 4) is 11.5 Å². The first kappa shape index (κ1) is 26.9. The Bertz CT molecular complexity index is 1000. The van der Waals surface area contributed by atoms with Crippen LogP contribution in [-0.2, 0) is 27.9 Å². The molecule has 0 spiro atoms. The summed E-state index contributed by atoms with van der Waals surface area (Å²) in [7, 11) is 3.31. The first-order chi connectivity index (χ1) is 17.3. The zero-order valence-electron chi connectivity index (χ0n) is 22.3. The first-order valence-corrected chi connectivity index (χ1v) is 13.3. The van der Waals surface area contributed by atoms with E-state index in [1.54, 1.807) is 14.2 Å². The van der Waals surface area contributed by atoms with E-state index >= 15 is 0 Å². The van der Waals surface area contributed by atoms with Crippen LogP contribution in [0, 0.1) is 5.92 Å². The number of aryl methyl sites for hydroxylation is 1. The highest BCUT2D eigenvalue weighted by atomic mass is 16.7. The predicted molar refractivity (Wildman–Crippen MR) is 141 cm³/mol. The van der Waals surface area contributed by atoms with Crippen LogP contribution in [0.4, 0.5) is 0 Å². The normalized spacial score (nSPS) is 25.6. The lowest BCUT2D eigenvalue weighted by Crippen LogP contribution is -2.63. The Kier molecular flexibility index (Phi) is 8.30. The van der Waals surface area contributed by atoms with Gasteiger partial charge in [0.1, 0.15) is 6.61 Å². The van der Waals surface area contributed by atoms with Crippen LogP contribution in [0.15, 0.2) is 42.5 Å². The molecule has 6 heteroatoms. The standard InChI is InChI=1S/C30H43NO5/c1-5-24-13-14-25(36-19-23-9-7-6-8-10-23)27(32)26(24)28(2)20-30(34-3,35-4)17-16-29(28,33)21-31-18-15-22-11-12-22/h6-10,13-14,22,31-33H,5,11-12,15-21H2,1-4H3. The Morgan fingerprint density at radius 3 is 2.39 bits per heavy atom. The third-order valence-corrected chi connectivity index (χ3v) is 8.55. The largest absolute Gasteiger partial charge is 0.504 e. The Labute approximate surface area is 216 Å². The fourth-order valence-electron chi connectivity index (χ4n) is 5.88. The summed E-state index contributed by atoms with van der Waals surface area (Å²) in [6.07, 6.45) is 5.96. The van der Waals surface area contributed by atoms with Crippen molar-refractivity contribution in [1.29, 1.82) is 0 Å². The van der Waals surface area contributed by atoms with Gasteiger partial charge >= 0.3 is 0 Å². The molecule has 2 aromatic carbocycles. The van der Waals surface area contributed by atoms with Gasteiger partial charge in [-0.05, 0) is 48.9 Å². The molecule has 4 rings (SSSR count). The monoisotopic (exact) mass is 497 g/mol. The van der Waals surface area contributed by atoms with Crippen LogP contribution in [0.25, 0.3) is 0 Å². The Morgan fingerprint density at radius 1 is 1.03 bits per heavy atom. The third-order valence-electron chi connectivity index (χ3n) is 8.55. The maximum Gasteiger partial charge on any atom is 0.168 e. The molecule has 2 saturated carbocycles. The molecule has 2 unspecified atom stereocenters. The van der Waals surface area contributed by atoms with E-state index in [1.165, 1.54) is 12.8 Å². The van der Waals surface area contributed by atoms with Crippen molar-refractivity contribution in [1.82, 2.24) is 5.32 Å². The molecule has 2 fully saturated rings. The lowest BCUT2D eigenvalue weighted by Gasteiger charge is -2.55. The molecule has 2 aliphatic carbocycles. The van der Waals surface area contributed by atoms with Gasteiger partial charge in [-0.15, -0.1) is 0 Å². The molecule has 0 radical (unpaired) electrons. The fraction of sp³-hybridized carbons (Fsp3) is 0.600. The molecule has 0 heterocycles. The lowest BCUT2D eigenvalue weighted by atomic mass is 9.57. The summed E-state index contributed by atoms with van der Waals surface area (Å²) in [5.74, 6) is 0.496. The molecule has 2 aromatic rings. The van der Waals surface area contributed by atoms with E-state index < -0.39 is 16.8 Å². The van der Waals surface area contributed by atoms with Gasteiger partial charge in [0.2, 0.25) is 0 Å². The van der Waals surface area contributed by atoms with E-state index in [0.717, 1.165) is 42.0 Å². The molecular weight excluding hydrogens is 454 g/mol. The highest BCUT2D eigenvalue weighted by Crippen LogP contribution is 2.55. The maximum absolute atomic E-state index is 12.3. The van der Waals surface area contributed by atoms with E-state index in [2.05, 4.69) is 12.2 Å². The van der Waals surface area contributed by atoms with Crippen molar-refractivity contribution in [3.05, 3.63) is 59.2 Å². The summed E-state index contributed by atoms with van der Waals surface area (Å²) in [5.41, 5.74) is 0.792. The average molecular weight is 498 g/mol. The number of nitrogens with one attached hydrogen (secondary N) is 1. The molecular formula is C30H43NO5. The summed E-state index contributed by atoms with van der Waals surface area (Å²) < 4.78 is 17.9. The van der Waals surface area contributed by atoms with Crippen LogP contribution in [0.5, 0.6) is 11.5 Å². The van der Waals surface area contributed by atoms with E-state index in [4.69, 9.17) is 14.2 Å². The zero-order chi connectivity index (χ0) is 25.8. The summed E-state index contributed by atoms with van der Waals surface area (Å²) in [6, 6.07) is 13.8. The van der Waals surface area contributed by atoms with Gasteiger partial charge in [0.05, 0.1) is 5.60 Å². The Hall–Kier alpha value is -2.12. The first-order valence-electron chi connectivity index (χ1n) is 13.3. The van der Waals surface area contributed by atoms with Crippen LogP contribution in [0.2, 0.25) is 0 Å². The minimum atomic E-state index is -1.10. The van der Waals surface area contributed by atoms with Crippen LogP contribution in [-0.4, -0.2) is 48.9 Å². The SMILES string of the molecule is CCc1ccc(OCc2ccccc2)c(O)c1C1(C)CC(OC)(OC)CCC1(O)CNCCC1CC1. The van der Waals surface area contributed by atoms with Gasteiger partial charge in [-0.25, -0.2) is 0 Å². The van der Waals surface area contributed by atoms with Crippen molar-refractivity contribution in [2.24, 2.45) is 5.92 Å². The van der Waals surface area contributed by atoms with Gasteiger partial charge in [-0.1, -0.05) is 63.1 Å². The minimum Gasteiger partial charge on any atom is -0.504 e. The van der Waals surface area contributed by atoms with Crippen molar-refractivity contribution < 1.29 is 24.4 Å². The number of phenols is 1. The van der Waals surface area contributed by atoms with E-state index in [-0.39, 0.29) is 5.75 Å². The van der Waals surface area contributed by atoms with Gasteiger partial charge in [0.15, 0.2) is 17.3 Å². The molecule has 0 aromatic heterocycles. The zero-order valence-corrected chi connectivity index (χ0v) is 22.3. The summed E-state index contributed by atoms with van der Waals surface area (Å²) in [5, 5.41) is 27.5. The predicted octanol–water partition coefficient (Wildman–Crippen LogP) is 5.09. The number of hydrogen-bond acceptors (Lipinski definition) is 6. The number of hydrogen-bond donors (Lipinski definition) is 3. The van der Waals surface area contributed by atoms with Crippen molar-refractivity contribution in [2.75, 3.05) is 27.3 Å². The second-order valence-electron chi connectivity index (χ2n) is 10.8. The van der Waals surface area contributed by atoms with Gasteiger partial charge in [0, 0.05) is 44.6 Å². The third kappa shape index (κ3) is 5.42. The molecule has 198 valence electrons. The van der Waals surface area contributed by atoms with E-state index in [0.29, 0.717) is 38.2 Å². The van der Waals surface area contributed by atoms with Gasteiger partial charge in [-0.3, -0.25) is 0 Å². The van der Waals surface area contributed by atoms with Gasteiger partial charge < -0.3 is 29.7 Å². The van der Waals surface area contributed by atoms with Gasteiger partial charge in [0.25, 0.3) is 0 Å². The van der Waals surface area contributed by atoms with Crippen molar-refractivity contribution >= 4 is 0 Å². The molecule has 0 amide bonds. The van der Waals surface area contributed by atoms with Crippen molar-refractivity contribution in [3.63, 3.8) is 0 Å². The van der Waals surface area contributed by atoms with Crippen LogP contribution < -0.4 is 10.1 Å². The second kappa shape index (κ2) is 11.1. The number of phenolic OH excluding ortho intramolecular Hbond substituents is 1.